The molecular formula is C21H23FN2O3. The van der Waals surface area contributed by atoms with Crippen molar-refractivity contribution in [3.8, 4) is 5.75 Å². The van der Waals surface area contributed by atoms with Gasteiger partial charge in [0.2, 0.25) is 0 Å². The van der Waals surface area contributed by atoms with Crippen molar-refractivity contribution in [1.29, 1.82) is 0 Å². The molecule has 1 saturated heterocycles. The van der Waals surface area contributed by atoms with Gasteiger partial charge in [-0.1, -0.05) is 12.1 Å². The number of nitrogens with zero attached hydrogens (tertiary/aromatic N) is 1. The summed E-state index contributed by atoms with van der Waals surface area (Å²) in [4.78, 5) is 25.3. The quantitative estimate of drug-likeness (QED) is 0.580. The fraction of sp³-hybridized carbons (Fsp3) is 0.333. The number of anilines is 1. The summed E-state index contributed by atoms with van der Waals surface area (Å²) in [5, 5.41) is 12.1. The molecule has 0 spiro atoms. The van der Waals surface area contributed by atoms with Crippen LogP contribution in [0.15, 0.2) is 36.4 Å². The molecule has 0 aromatic heterocycles. The van der Waals surface area contributed by atoms with Gasteiger partial charge >= 0.3 is 0 Å². The lowest BCUT2D eigenvalue weighted by molar-refractivity contribution is 0.0952. The molecule has 1 aliphatic rings. The number of carbonyl (C=O) groups is 2. The van der Waals surface area contributed by atoms with Gasteiger partial charge in [0.1, 0.15) is 0 Å². The number of aromatic hydroxyl groups is 1. The van der Waals surface area contributed by atoms with Gasteiger partial charge in [0.05, 0.1) is 5.56 Å². The average molecular weight is 370 g/mol. The summed E-state index contributed by atoms with van der Waals surface area (Å²) in [6.45, 7) is 2.68. The number of aryl methyl sites for hydroxylation is 1. The summed E-state index contributed by atoms with van der Waals surface area (Å²) in [5.74, 6) is -2.19. The van der Waals surface area contributed by atoms with Crippen molar-refractivity contribution in [1.82, 2.24) is 5.32 Å². The van der Waals surface area contributed by atoms with Gasteiger partial charge < -0.3 is 15.3 Å². The number of aldehydes is 1. The number of benzene rings is 2. The average Bonchev–Trinajstić information content (AvgIpc) is 3.22. The second-order valence-electron chi connectivity index (χ2n) is 6.73. The molecule has 1 aliphatic heterocycles. The SMILES string of the molecule is O=Cc1cc(C(=O)NCCCc2ccc(N3CCCC3)cc2)cc(F)c1O. The molecule has 142 valence electrons. The minimum atomic E-state index is -0.983. The number of phenols is 1. The van der Waals surface area contributed by atoms with Crippen molar-refractivity contribution in [2.45, 2.75) is 25.7 Å². The first-order chi connectivity index (χ1) is 13.1. The van der Waals surface area contributed by atoms with E-state index < -0.39 is 17.5 Å². The molecule has 1 heterocycles. The van der Waals surface area contributed by atoms with Crippen LogP contribution in [0.3, 0.4) is 0 Å². The van der Waals surface area contributed by atoms with E-state index in [2.05, 4.69) is 34.5 Å². The van der Waals surface area contributed by atoms with Crippen molar-refractivity contribution >= 4 is 17.9 Å². The molecule has 2 N–H and O–H groups in total. The van der Waals surface area contributed by atoms with Crippen LogP contribution < -0.4 is 10.2 Å². The highest BCUT2D eigenvalue weighted by Crippen LogP contribution is 2.22. The van der Waals surface area contributed by atoms with Crippen LogP contribution in [0.25, 0.3) is 0 Å². The smallest absolute Gasteiger partial charge is 0.251 e. The van der Waals surface area contributed by atoms with Gasteiger partial charge in [-0.3, -0.25) is 9.59 Å². The summed E-state index contributed by atoms with van der Waals surface area (Å²) in [6.07, 6.45) is 4.39. The molecule has 0 saturated carbocycles. The van der Waals surface area contributed by atoms with E-state index in [-0.39, 0.29) is 11.1 Å². The van der Waals surface area contributed by atoms with E-state index in [0.29, 0.717) is 12.8 Å². The van der Waals surface area contributed by atoms with Crippen LogP contribution in [-0.4, -0.2) is 36.9 Å². The maximum absolute atomic E-state index is 13.5. The molecule has 0 atom stereocenters. The normalized spacial score (nSPS) is 13.6. The third-order valence-corrected chi connectivity index (χ3v) is 4.82. The van der Waals surface area contributed by atoms with Crippen LogP contribution in [0.2, 0.25) is 0 Å². The van der Waals surface area contributed by atoms with Gasteiger partial charge in [0, 0.05) is 30.9 Å². The fourth-order valence-corrected chi connectivity index (χ4v) is 3.29. The molecule has 5 nitrogen and oxygen atoms in total. The Morgan fingerprint density at radius 3 is 2.56 bits per heavy atom. The molecule has 0 unspecified atom stereocenters. The van der Waals surface area contributed by atoms with E-state index in [1.807, 2.05) is 0 Å². The predicted molar refractivity (Wildman–Crippen MR) is 102 cm³/mol. The number of nitrogens with one attached hydrogen (secondary N) is 1. The lowest BCUT2D eigenvalue weighted by Gasteiger charge is -2.17. The number of rotatable bonds is 7. The minimum Gasteiger partial charge on any atom is -0.504 e. The molecular weight excluding hydrogens is 347 g/mol. The number of amides is 1. The van der Waals surface area contributed by atoms with E-state index in [0.717, 1.165) is 32.0 Å². The molecule has 3 rings (SSSR count). The van der Waals surface area contributed by atoms with Gasteiger partial charge in [0.25, 0.3) is 5.91 Å². The number of halogens is 1. The third kappa shape index (κ3) is 4.64. The monoisotopic (exact) mass is 370 g/mol. The van der Waals surface area contributed by atoms with Crippen LogP contribution in [0.1, 0.15) is 45.5 Å². The largest absolute Gasteiger partial charge is 0.504 e. The van der Waals surface area contributed by atoms with E-state index in [4.69, 9.17) is 0 Å². The summed E-state index contributed by atoms with van der Waals surface area (Å²) in [5.41, 5.74) is 2.23. The summed E-state index contributed by atoms with van der Waals surface area (Å²) in [7, 11) is 0. The molecule has 2 aromatic carbocycles. The van der Waals surface area contributed by atoms with Crippen LogP contribution in [-0.2, 0) is 6.42 Å². The number of hydrogen-bond donors (Lipinski definition) is 2. The van der Waals surface area contributed by atoms with E-state index in [1.54, 1.807) is 0 Å². The highest BCUT2D eigenvalue weighted by molar-refractivity contribution is 5.96. The van der Waals surface area contributed by atoms with E-state index in [9.17, 15) is 19.1 Å². The number of phenolic OH excluding ortho intramolecular Hbond substituents is 1. The molecule has 1 amide bonds. The minimum absolute atomic E-state index is 0.0161. The highest BCUT2D eigenvalue weighted by atomic mass is 19.1. The molecule has 1 fully saturated rings. The predicted octanol–water partition coefficient (Wildman–Crippen LogP) is 3.31. The Kier molecular flexibility index (Phi) is 6.06. The maximum Gasteiger partial charge on any atom is 0.251 e. The van der Waals surface area contributed by atoms with Crippen molar-refractivity contribution in [3.63, 3.8) is 0 Å². The van der Waals surface area contributed by atoms with Crippen molar-refractivity contribution in [2.24, 2.45) is 0 Å². The van der Waals surface area contributed by atoms with Gasteiger partial charge in [0.15, 0.2) is 17.9 Å². The summed E-state index contributed by atoms with van der Waals surface area (Å²) < 4.78 is 13.5. The Morgan fingerprint density at radius 2 is 1.89 bits per heavy atom. The second-order valence-corrected chi connectivity index (χ2v) is 6.73. The fourth-order valence-electron chi connectivity index (χ4n) is 3.29. The zero-order chi connectivity index (χ0) is 19.2. The lowest BCUT2D eigenvalue weighted by Crippen LogP contribution is -2.25. The molecule has 27 heavy (non-hydrogen) atoms. The summed E-state index contributed by atoms with van der Waals surface area (Å²) >= 11 is 0. The number of carbonyl (C=O) groups excluding carboxylic acids is 2. The first-order valence-electron chi connectivity index (χ1n) is 9.18. The van der Waals surface area contributed by atoms with Crippen LogP contribution in [0.4, 0.5) is 10.1 Å². The van der Waals surface area contributed by atoms with Gasteiger partial charge in [-0.25, -0.2) is 4.39 Å². The van der Waals surface area contributed by atoms with Crippen molar-refractivity contribution in [3.05, 3.63) is 58.9 Å². The summed E-state index contributed by atoms with van der Waals surface area (Å²) in [6, 6.07) is 10.6. The van der Waals surface area contributed by atoms with Crippen molar-refractivity contribution < 1.29 is 19.1 Å². The Hall–Kier alpha value is -2.89. The van der Waals surface area contributed by atoms with E-state index >= 15 is 0 Å². The number of hydrogen-bond acceptors (Lipinski definition) is 4. The Labute approximate surface area is 157 Å². The molecule has 6 heteroatoms. The molecule has 0 aliphatic carbocycles. The van der Waals surface area contributed by atoms with Crippen LogP contribution in [0, 0.1) is 5.82 Å². The Morgan fingerprint density at radius 1 is 1.19 bits per heavy atom. The topological polar surface area (TPSA) is 69.6 Å². The van der Waals surface area contributed by atoms with Crippen molar-refractivity contribution in [2.75, 3.05) is 24.5 Å². The van der Waals surface area contributed by atoms with Gasteiger partial charge in [-0.05, 0) is 55.5 Å². The Balaban J connectivity index is 1.48. The molecule has 0 bridgehead atoms. The van der Waals surface area contributed by atoms with Gasteiger partial charge in [-0.2, -0.15) is 0 Å². The zero-order valence-electron chi connectivity index (χ0n) is 15.1. The Bertz CT molecular complexity index is 815. The molecule has 2 aromatic rings. The first-order valence-corrected chi connectivity index (χ1v) is 9.18. The second kappa shape index (κ2) is 8.66. The standard InChI is InChI=1S/C21H23FN2O3/c22-19-13-16(12-17(14-25)20(19)26)21(27)23-9-3-4-15-5-7-18(8-6-15)24-10-1-2-11-24/h5-8,12-14,26H,1-4,9-11H2,(H,23,27). The van der Waals surface area contributed by atoms with Crippen LogP contribution in [0.5, 0.6) is 5.75 Å². The zero-order valence-corrected chi connectivity index (χ0v) is 15.1. The highest BCUT2D eigenvalue weighted by Gasteiger charge is 2.14. The lowest BCUT2D eigenvalue weighted by atomic mass is 10.1. The maximum atomic E-state index is 13.5. The molecule has 0 radical (unpaired) electrons. The van der Waals surface area contributed by atoms with Crippen LogP contribution >= 0.6 is 0 Å². The third-order valence-electron chi connectivity index (χ3n) is 4.82. The first kappa shape index (κ1) is 18.9. The van der Waals surface area contributed by atoms with Gasteiger partial charge in [-0.15, -0.1) is 0 Å². The van der Waals surface area contributed by atoms with E-state index in [1.165, 1.54) is 30.2 Å².